The molecule has 0 aliphatic carbocycles. The van der Waals surface area contributed by atoms with Gasteiger partial charge in [-0.3, -0.25) is 0 Å². The van der Waals surface area contributed by atoms with Crippen molar-refractivity contribution in [2.24, 2.45) is 0 Å². The van der Waals surface area contributed by atoms with Crippen LogP contribution in [0.25, 0.3) is 23.1 Å². The second kappa shape index (κ2) is 6.49. The minimum atomic E-state index is -1.08. The summed E-state index contributed by atoms with van der Waals surface area (Å²) in [6.45, 7) is 0. The van der Waals surface area contributed by atoms with Crippen LogP contribution in [0.15, 0.2) is 46.9 Å². The average Bonchev–Trinajstić information content (AvgIpc) is 2.53. The summed E-state index contributed by atoms with van der Waals surface area (Å²) in [4.78, 5) is 15.8. The fraction of sp³-hybridized carbons (Fsp3) is 0. The molecule has 0 unspecified atom stereocenters. The molecule has 3 rings (SSSR count). The van der Waals surface area contributed by atoms with Gasteiger partial charge in [0.25, 0.3) is 0 Å². The molecule has 0 saturated heterocycles. The van der Waals surface area contributed by atoms with Gasteiger partial charge in [-0.1, -0.05) is 15.9 Å². The molecule has 0 radical (unpaired) electrons. The van der Waals surface area contributed by atoms with Crippen molar-refractivity contribution in [1.29, 1.82) is 0 Å². The van der Waals surface area contributed by atoms with Gasteiger partial charge in [-0.25, -0.2) is 18.6 Å². The Kier molecular flexibility index (Phi) is 4.40. The zero-order valence-electron chi connectivity index (χ0n) is 12.1. The number of hydrogen-bond acceptors (Lipinski definition) is 2. The summed E-state index contributed by atoms with van der Waals surface area (Å²) >= 11 is 3.30. The van der Waals surface area contributed by atoms with Gasteiger partial charge in [-0.2, -0.15) is 0 Å². The highest BCUT2D eigenvalue weighted by Gasteiger charge is 2.11. The van der Waals surface area contributed by atoms with Crippen molar-refractivity contribution >= 4 is 45.0 Å². The van der Waals surface area contributed by atoms with Gasteiger partial charge in [0.15, 0.2) is 0 Å². The lowest BCUT2D eigenvalue weighted by Gasteiger charge is -2.05. The number of carboxylic acids is 1. The zero-order valence-corrected chi connectivity index (χ0v) is 13.7. The monoisotopic (exact) mass is 389 g/mol. The van der Waals surface area contributed by atoms with Gasteiger partial charge in [0.1, 0.15) is 11.6 Å². The Labute approximate surface area is 144 Å². The first-order chi connectivity index (χ1) is 11.4. The van der Waals surface area contributed by atoms with Crippen LogP contribution in [-0.4, -0.2) is 16.1 Å². The average molecular weight is 390 g/mol. The van der Waals surface area contributed by atoms with Gasteiger partial charge in [0.2, 0.25) is 0 Å². The van der Waals surface area contributed by atoms with E-state index in [0.717, 1.165) is 16.6 Å². The summed E-state index contributed by atoms with van der Waals surface area (Å²) in [7, 11) is 0. The van der Waals surface area contributed by atoms with Crippen LogP contribution < -0.4 is 0 Å². The SMILES string of the molecule is O=C(O)c1cc(/C=C/c2ccc(F)cc2F)nc2ccc(Br)cc12. The molecule has 0 aliphatic heterocycles. The van der Waals surface area contributed by atoms with Gasteiger partial charge in [-0.15, -0.1) is 0 Å². The number of pyridine rings is 1. The third kappa shape index (κ3) is 3.33. The van der Waals surface area contributed by atoms with Crippen LogP contribution in [0, 0.1) is 11.6 Å². The van der Waals surface area contributed by atoms with E-state index in [1.54, 1.807) is 18.2 Å². The Morgan fingerprint density at radius 1 is 1.08 bits per heavy atom. The Hall–Kier alpha value is -2.60. The van der Waals surface area contributed by atoms with Crippen molar-refractivity contribution in [3.8, 4) is 0 Å². The second-order valence-electron chi connectivity index (χ2n) is 5.06. The Bertz CT molecular complexity index is 986. The van der Waals surface area contributed by atoms with E-state index in [1.165, 1.54) is 24.3 Å². The molecule has 6 heteroatoms. The number of rotatable bonds is 3. The predicted molar refractivity (Wildman–Crippen MR) is 91.7 cm³/mol. The summed E-state index contributed by atoms with van der Waals surface area (Å²) < 4.78 is 27.3. The summed E-state index contributed by atoms with van der Waals surface area (Å²) in [5, 5.41) is 9.89. The summed E-state index contributed by atoms with van der Waals surface area (Å²) in [5.74, 6) is -2.44. The summed E-state index contributed by atoms with van der Waals surface area (Å²) in [6, 6.07) is 9.78. The van der Waals surface area contributed by atoms with E-state index in [0.29, 0.717) is 16.6 Å². The maximum absolute atomic E-state index is 13.6. The number of hydrogen-bond donors (Lipinski definition) is 1. The largest absolute Gasteiger partial charge is 0.478 e. The zero-order chi connectivity index (χ0) is 17.3. The number of fused-ring (bicyclic) bond motifs is 1. The van der Waals surface area contributed by atoms with Crippen molar-refractivity contribution in [3.05, 3.63) is 75.4 Å². The molecule has 1 heterocycles. The highest BCUT2D eigenvalue weighted by Crippen LogP contribution is 2.24. The van der Waals surface area contributed by atoms with Gasteiger partial charge >= 0.3 is 5.97 Å². The molecule has 0 spiro atoms. The fourth-order valence-electron chi connectivity index (χ4n) is 2.29. The van der Waals surface area contributed by atoms with E-state index in [9.17, 15) is 18.7 Å². The van der Waals surface area contributed by atoms with Crippen LogP contribution >= 0.6 is 15.9 Å². The smallest absolute Gasteiger partial charge is 0.336 e. The number of carbonyl (C=O) groups is 1. The number of benzene rings is 2. The quantitative estimate of drug-likeness (QED) is 0.674. The molecule has 0 fully saturated rings. The van der Waals surface area contributed by atoms with Crippen LogP contribution in [-0.2, 0) is 0 Å². The van der Waals surface area contributed by atoms with E-state index >= 15 is 0 Å². The van der Waals surface area contributed by atoms with Crippen molar-refractivity contribution in [3.63, 3.8) is 0 Å². The van der Waals surface area contributed by atoms with Crippen molar-refractivity contribution in [2.45, 2.75) is 0 Å². The number of nitrogens with zero attached hydrogens (tertiary/aromatic N) is 1. The molecule has 3 nitrogen and oxygen atoms in total. The summed E-state index contributed by atoms with van der Waals surface area (Å²) in [5.41, 5.74) is 1.16. The maximum Gasteiger partial charge on any atom is 0.336 e. The lowest BCUT2D eigenvalue weighted by Crippen LogP contribution is -2.00. The lowest BCUT2D eigenvalue weighted by atomic mass is 10.1. The highest BCUT2D eigenvalue weighted by atomic mass is 79.9. The van der Waals surface area contributed by atoms with Crippen LogP contribution in [0.2, 0.25) is 0 Å². The number of aromatic nitrogens is 1. The second-order valence-corrected chi connectivity index (χ2v) is 5.98. The number of aromatic carboxylic acids is 1. The van der Waals surface area contributed by atoms with E-state index in [4.69, 9.17) is 0 Å². The van der Waals surface area contributed by atoms with Crippen molar-refractivity contribution < 1.29 is 18.7 Å². The summed E-state index contributed by atoms with van der Waals surface area (Å²) in [6.07, 6.45) is 2.91. The molecular weight excluding hydrogens is 380 g/mol. The molecular formula is C18H10BrF2NO2. The molecule has 3 aromatic rings. The van der Waals surface area contributed by atoms with Crippen molar-refractivity contribution in [1.82, 2.24) is 4.98 Å². The first-order valence-corrected chi connectivity index (χ1v) is 7.70. The van der Waals surface area contributed by atoms with E-state index in [2.05, 4.69) is 20.9 Å². The molecule has 1 N–H and O–H groups in total. The molecule has 0 bridgehead atoms. The van der Waals surface area contributed by atoms with E-state index < -0.39 is 17.6 Å². The molecule has 2 aromatic carbocycles. The molecule has 0 atom stereocenters. The first-order valence-electron chi connectivity index (χ1n) is 6.91. The third-order valence-corrected chi connectivity index (χ3v) is 3.91. The van der Waals surface area contributed by atoms with Crippen LogP contribution in [0.3, 0.4) is 0 Å². The molecule has 1 aromatic heterocycles. The fourth-order valence-corrected chi connectivity index (χ4v) is 2.65. The molecule has 0 amide bonds. The van der Waals surface area contributed by atoms with Gasteiger partial charge < -0.3 is 5.11 Å². The first kappa shape index (κ1) is 16.3. The number of halogens is 3. The van der Waals surface area contributed by atoms with Crippen molar-refractivity contribution in [2.75, 3.05) is 0 Å². The predicted octanol–water partition coefficient (Wildman–Crippen LogP) is 5.14. The van der Waals surface area contributed by atoms with Crippen LogP contribution in [0.4, 0.5) is 8.78 Å². The normalized spacial score (nSPS) is 11.3. The topological polar surface area (TPSA) is 50.2 Å². The molecule has 0 aliphatic rings. The number of carboxylic acid groups (broad SMARTS) is 1. The van der Waals surface area contributed by atoms with Crippen LogP contribution in [0.1, 0.15) is 21.6 Å². The lowest BCUT2D eigenvalue weighted by molar-refractivity contribution is 0.0699. The van der Waals surface area contributed by atoms with Gasteiger partial charge in [-0.05, 0) is 48.6 Å². The molecule has 0 saturated carbocycles. The van der Waals surface area contributed by atoms with Gasteiger partial charge in [0, 0.05) is 21.5 Å². The maximum atomic E-state index is 13.6. The highest BCUT2D eigenvalue weighted by molar-refractivity contribution is 9.10. The Morgan fingerprint density at radius 3 is 2.58 bits per heavy atom. The minimum Gasteiger partial charge on any atom is -0.478 e. The third-order valence-electron chi connectivity index (χ3n) is 3.42. The standard InChI is InChI=1S/C18H10BrF2NO2/c19-11-3-6-17-14(7-11)15(18(23)24)9-13(22-17)5-2-10-1-4-12(20)8-16(10)21/h1-9H,(H,23,24)/b5-2+. The minimum absolute atomic E-state index is 0.0977. The molecule has 24 heavy (non-hydrogen) atoms. The van der Waals surface area contributed by atoms with E-state index in [-0.39, 0.29) is 11.1 Å². The Morgan fingerprint density at radius 2 is 1.88 bits per heavy atom. The molecule has 120 valence electrons. The Balaban J connectivity index is 2.08. The van der Waals surface area contributed by atoms with Crippen LogP contribution in [0.5, 0.6) is 0 Å². The van der Waals surface area contributed by atoms with Gasteiger partial charge in [0.05, 0.1) is 16.8 Å². The van der Waals surface area contributed by atoms with E-state index in [1.807, 2.05) is 0 Å².